The van der Waals surface area contributed by atoms with Crippen molar-refractivity contribution in [1.29, 1.82) is 0 Å². The molecule has 0 unspecified atom stereocenters. The minimum atomic E-state index is -5.11. The fourth-order valence-corrected chi connectivity index (χ4v) is 5.49. The molecular formula is C22H31F3N2O3. The number of carbonyl (C=O) groups is 3. The maximum Gasteiger partial charge on any atom is 0.425 e. The second kappa shape index (κ2) is 8.71. The van der Waals surface area contributed by atoms with E-state index in [9.17, 15) is 27.6 Å². The van der Waals surface area contributed by atoms with Gasteiger partial charge in [0.1, 0.15) is 0 Å². The van der Waals surface area contributed by atoms with Crippen LogP contribution in [0.4, 0.5) is 13.2 Å². The molecule has 1 aliphatic heterocycles. The number of nitrogens with zero attached hydrogens (tertiary/aromatic N) is 1. The fraction of sp³-hybridized carbons (Fsp3) is 0.773. The van der Waals surface area contributed by atoms with E-state index in [-0.39, 0.29) is 18.2 Å². The first-order valence-corrected chi connectivity index (χ1v) is 11.0. The summed E-state index contributed by atoms with van der Waals surface area (Å²) < 4.78 is 43.3. The number of halogens is 3. The van der Waals surface area contributed by atoms with Crippen LogP contribution >= 0.6 is 0 Å². The molecule has 5 nitrogen and oxygen atoms in total. The Labute approximate surface area is 175 Å². The van der Waals surface area contributed by atoms with E-state index in [4.69, 9.17) is 0 Å². The van der Waals surface area contributed by atoms with Crippen LogP contribution in [0.3, 0.4) is 0 Å². The Kier molecular flexibility index (Phi) is 6.63. The SMILES string of the molecule is CC(=O)C1=C(C)N(C2CCCC2)C(=O)[C@]1(NC(=O)CCC1CCCCC1)C(F)(F)F. The van der Waals surface area contributed by atoms with Crippen molar-refractivity contribution >= 4 is 17.6 Å². The fourth-order valence-electron chi connectivity index (χ4n) is 5.49. The Hall–Kier alpha value is -1.86. The highest BCUT2D eigenvalue weighted by Crippen LogP contribution is 2.47. The lowest BCUT2D eigenvalue weighted by molar-refractivity contribution is -0.195. The molecular weight excluding hydrogens is 397 g/mol. The van der Waals surface area contributed by atoms with E-state index < -0.39 is 34.9 Å². The number of allylic oxidation sites excluding steroid dienone is 1. The molecule has 0 spiro atoms. The number of hydrogen-bond donors (Lipinski definition) is 1. The lowest BCUT2D eigenvalue weighted by atomic mass is 9.85. The minimum Gasteiger partial charge on any atom is -0.330 e. The minimum absolute atomic E-state index is 0.0179. The van der Waals surface area contributed by atoms with Gasteiger partial charge in [0.15, 0.2) is 5.78 Å². The van der Waals surface area contributed by atoms with Crippen LogP contribution in [0.15, 0.2) is 11.3 Å². The lowest BCUT2D eigenvalue weighted by Crippen LogP contribution is -2.66. The van der Waals surface area contributed by atoms with Crippen LogP contribution in [0.5, 0.6) is 0 Å². The Morgan fingerprint density at radius 3 is 2.17 bits per heavy atom. The molecule has 30 heavy (non-hydrogen) atoms. The van der Waals surface area contributed by atoms with E-state index in [0.717, 1.165) is 56.8 Å². The number of nitrogens with one attached hydrogen (secondary N) is 1. The van der Waals surface area contributed by atoms with Gasteiger partial charge in [-0.2, -0.15) is 13.2 Å². The molecule has 0 saturated heterocycles. The molecule has 0 radical (unpaired) electrons. The molecule has 1 heterocycles. The van der Waals surface area contributed by atoms with Gasteiger partial charge < -0.3 is 10.2 Å². The number of hydrogen-bond acceptors (Lipinski definition) is 3. The summed E-state index contributed by atoms with van der Waals surface area (Å²) in [5.74, 6) is -2.59. The summed E-state index contributed by atoms with van der Waals surface area (Å²) in [6.07, 6.45) is 3.39. The van der Waals surface area contributed by atoms with Gasteiger partial charge in [0.05, 0.1) is 5.57 Å². The van der Waals surface area contributed by atoms with Crippen molar-refractivity contribution in [3.05, 3.63) is 11.3 Å². The number of Topliss-reactive ketones (excluding diaryl/α,β-unsaturated/α-hetero) is 1. The monoisotopic (exact) mass is 428 g/mol. The second-order valence-electron chi connectivity index (χ2n) is 8.97. The predicted molar refractivity (Wildman–Crippen MR) is 105 cm³/mol. The first-order chi connectivity index (χ1) is 14.1. The van der Waals surface area contributed by atoms with Crippen molar-refractivity contribution in [3.8, 4) is 0 Å². The topological polar surface area (TPSA) is 66.5 Å². The molecule has 3 rings (SSSR count). The number of ketones is 1. The molecule has 0 aromatic carbocycles. The van der Waals surface area contributed by atoms with Crippen LogP contribution in [-0.2, 0) is 14.4 Å². The smallest absolute Gasteiger partial charge is 0.330 e. The van der Waals surface area contributed by atoms with Crippen LogP contribution in [-0.4, -0.2) is 40.3 Å². The Bertz CT molecular complexity index is 734. The molecule has 2 saturated carbocycles. The molecule has 0 aromatic heterocycles. The highest BCUT2D eigenvalue weighted by molar-refractivity contribution is 6.12. The van der Waals surface area contributed by atoms with Crippen LogP contribution < -0.4 is 5.32 Å². The predicted octanol–water partition coefficient (Wildman–Crippen LogP) is 4.41. The highest BCUT2D eigenvalue weighted by Gasteiger charge is 2.70. The quantitative estimate of drug-likeness (QED) is 0.681. The Balaban J connectivity index is 1.89. The van der Waals surface area contributed by atoms with Crippen molar-refractivity contribution in [3.63, 3.8) is 0 Å². The van der Waals surface area contributed by atoms with Gasteiger partial charge >= 0.3 is 6.18 Å². The van der Waals surface area contributed by atoms with Gasteiger partial charge in [0, 0.05) is 18.2 Å². The van der Waals surface area contributed by atoms with Crippen molar-refractivity contribution < 1.29 is 27.6 Å². The lowest BCUT2D eigenvalue weighted by Gasteiger charge is -2.34. The molecule has 1 N–H and O–H groups in total. The maximum atomic E-state index is 14.4. The van der Waals surface area contributed by atoms with Gasteiger partial charge in [-0.05, 0) is 39.0 Å². The highest BCUT2D eigenvalue weighted by atomic mass is 19.4. The molecule has 2 fully saturated rings. The van der Waals surface area contributed by atoms with Crippen molar-refractivity contribution in [2.75, 3.05) is 0 Å². The van der Waals surface area contributed by atoms with Gasteiger partial charge in [0.2, 0.25) is 11.4 Å². The van der Waals surface area contributed by atoms with Crippen LogP contribution in [0, 0.1) is 5.92 Å². The Morgan fingerprint density at radius 1 is 1.07 bits per heavy atom. The zero-order chi connectivity index (χ0) is 22.1. The molecule has 1 atom stereocenters. The Morgan fingerprint density at radius 2 is 1.63 bits per heavy atom. The van der Waals surface area contributed by atoms with Crippen LogP contribution in [0.25, 0.3) is 0 Å². The zero-order valence-electron chi connectivity index (χ0n) is 17.7. The van der Waals surface area contributed by atoms with E-state index >= 15 is 0 Å². The number of amides is 2. The second-order valence-corrected chi connectivity index (χ2v) is 8.97. The molecule has 168 valence electrons. The first kappa shape index (κ1) is 22.8. The van der Waals surface area contributed by atoms with Crippen LogP contribution in [0.1, 0.15) is 84.5 Å². The maximum absolute atomic E-state index is 14.4. The van der Waals surface area contributed by atoms with Crippen molar-refractivity contribution in [2.24, 2.45) is 5.92 Å². The van der Waals surface area contributed by atoms with Crippen molar-refractivity contribution in [2.45, 2.75) is 102 Å². The first-order valence-electron chi connectivity index (χ1n) is 11.0. The summed E-state index contributed by atoms with van der Waals surface area (Å²) in [5, 5.41) is 2.00. The standard InChI is InChI=1S/C22H31F3N2O3/c1-14-19(15(2)28)21(22(23,24)25,20(30)27(14)17-10-6-7-11-17)26-18(29)13-12-16-8-4-3-5-9-16/h16-17H,3-13H2,1-2H3,(H,26,29)/t21-/m0/s1. The average molecular weight is 428 g/mol. The summed E-state index contributed by atoms with van der Waals surface area (Å²) in [6, 6.07) is -0.366. The average Bonchev–Trinajstić information content (AvgIpc) is 3.26. The van der Waals surface area contributed by atoms with E-state index in [2.05, 4.69) is 0 Å². The molecule has 8 heteroatoms. The molecule has 3 aliphatic rings. The van der Waals surface area contributed by atoms with Gasteiger partial charge in [0.25, 0.3) is 5.91 Å². The summed E-state index contributed by atoms with van der Waals surface area (Å²) in [5.41, 5.74) is -3.91. The molecule has 2 amide bonds. The third-order valence-corrected chi connectivity index (χ3v) is 6.94. The zero-order valence-corrected chi connectivity index (χ0v) is 17.7. The van der Waals surface area contributed by atoms with Gasteiger partial charge in [-0.3, -0.25) is 14.4 Å². The number of alkyl halides is 3. The van der Waals surface area contributed by atoms with E-state index in [0.29, 0.717) is 25.2 Å². The largest absolute Gasteiger partial charge is 0.425 e. The summed E-state index contributed by atoms with van der Waals surface area (Å²) in [6.45, 7) is 2.41. The third-order valence-electron chi connectivity index (χ3n) is 6.94. The number of carbonyl (C=O) groups excluding carboxylic acids is 3. The van der Waals surface area contributed by atoms with E-state index in [1.54, 1.807) is 0 Å². The van der Waals surface area contributed by atoms with E-state index in [1.165, 1.54) is 6.92 Å². The summed E-state index contributed by atoms with van der Waals surface area (Å²) in [4.78, 5) is 39.3. The van der Waals surface area contributed by atoms with Gasteiger partial charge in [-0.25, -0.2) is 0 Å². The van der Waals surface area contributed by atoms with Gasteiger partial charge in [-0.15, -0.1) is 0 Å². The van der Waals surface area contributed by atoms with Gasteiger partial charge in [-0.1, -0.05) is 44.9 Å². The molecule has 0 aromatic rings. The van der Waals surface area contributed by atoms with E-state index in [1.807, 2.05) is 5.32 Å². The van der Waals surface area contributed by atoms with Crippen molar-refractivity contribution in [1.82, 2.24) is 10.2 Å². The normalized spacial score (nSPS) is 26.6. The van der Waals surface area contributed by atoms with Crippen LogP contribution in [0.2, 0.25) is 0 Å². The summed E-state index contributed by atoms with van der Waals surface area (Å²) in [7, 11) is 0. The third kappa shape index (κ3) is 4.02. The molecule has 2 aliphatic carbocycles. The molecule has 0 bridgehead atoms. The summed E-state index contributed by atoms with van der Waals surface area (Å²) >= 11 is 0. The number of rotatable bonds is 6.